The van der Waals surface area contributed by atoms with Gasteiger partial charge in [-0.2, -0.15) is 0 Å². The van der Waals surface area contributed by atoms with Gasteiger partial charge in [0.15, 0.2) is 0 Å². The Morgan fingerprint density at radius 3 is 2.58 bits per heavy atom. The molecule has 1 fully saturated rings. The highest BCUT2D eigenvalue weighted by atomic mass is 32.1. The summed E-state index contributed by atoms with van der Waals surface area (Å²) < 4.78 is 7.25. The lowest BCUT2D eigenvalue weighted by Crippen LogP contribution is -2.24. The Labute approximate surface area is 120 Å². The van der Waals surface area contributed by atoms with E-state index in [9.17, 15) is 5.11 Å². The summed E-state index contributed by atoms with van der Waals surface area (Å²) in [6.07, 6.45) is 0.233. The van der Waals surface area contributed by atoms with Crippen LogP contribution in [0.5, 0.6) is 0 Å². The predicted molar refractivity (Wildman–Crippen MR) is 77.8 cm³/mol. The maximum atomic E-state index is 9.75. The fraction of sp³-hybridized carbons (Fsp3) is 0.455. The maximum Gasteiger partial charge on any atom is 0.137 e. The van der Waals surface area contributed by atoms with E-state index >= 15 is 0 Å². The van der Waals surface area contributed by atoms with Gasteiger partial charge in [0.1, 0.15) is 22.3 Å². The van der Waals surface area contributed by atoms with Gasteiger partial charge in [0.05, 0.1) is 18.4 Å². The van der Waals surface area contributed by atoms with Crippen molar-refractivity contribution < 1.29 is 14.9 Å². The maximum absolute atomic E-state index is 9.75. The minimum absolute atomic E-state index is 0.188. The van der Waals surface area contributed by atoms with Crippen molar-refractivity contribution >= 4 is 34.4 Å². The van der Waals surface area contributed by atoms with Crippen molar-refractivity contribution in [3.8, 4) is 0 Å². The second-order valence-electron chi connectivity index (χ2n) is 4.36. The number of nitrogens with zero attached hydrogens (tertiary/aromatic N) is 1. The van der Waals surface area contributed by atoms with Crippen LogP contribution < -0.4 is 11.5 Å². The van der Waals surface area contributed by atoms with Crippen LogP contribution in [0.15, 0.2) is 12.3 Å². The zero-order valence-corrected chi connectivity index (χ0v) is 11.7. The van der Waals surface area contributed by atoms with Gasteiger partial charge >= 0.3 is 0 Å². The van der Waals surface area contributed by atoms with E-state index in [0.29, 0.717) is 17.7 Å². The lowest BCUT2D eigenvalue weighted by atomic mass is 10.2. The average molecular weight is 301 g/mol. The zero-order chi connectivity index (χ0) is 14.2. The molecule has 0 unspecified atom stereocenters. The van der Waals surface area contributed by atoms with Crippen LogP contribution in [-0.2, 0) is 4.74 Å². The summed E-state index contributed by atoms with van der Waals surface area (Å²) in [6.45, 7) is -0.247. The number of aromatic nitrogens is 1. The van der Waals surface area contributed by atoms with Gasteiger partial charge in [-0.05, 0) is 6.07 Å². The van der Waals surface area contributed by atoms with Crippen LogP contribution in [0, 0.1) is 0 Å². The molecule has 2 heterocycles. The van der Waals surface area contributed by atoms with E-state index in [2.05, 4.69) is 0 Å². The summed E-state index contributed by atoms with van der Waals surface area (Å²) in [6, 6.07) is 1.69. The molecule has 0 radical (unpaired) electrons. The smallest absolute Gasteiger partial charge is 0.137 e. The second kappa shape index (κ2) is 5.51. The van der Waals surface area contributed by atoms with Crippen molar-refractivity contribution in [2.24, 2.45) is 11.5 Å². The molecule has 1 aliphatic rings. The number of nitrogens with two attached hydrogens (primary N) is 2. The molecule has 0 aliphatic carbocycles. The average Bonchev–Trinajstić information content (AvgIpc) is 2.91. The number of aliphatic hydroxyl groups is 2. The first-order valence-electron chi connectivity index (χ1n) is 5.70. The Balaban J connectivity index is 2.34. The van der Waals surface area contributed by atoms with Crippen LogP contribution in [-0.4, -0.2) is 43.6 Å². The summed E-state index contributed by atoms with van der Waals surface area (Å²) in [7, 11) is 0. The van der Waals surface area contributed by atoms with E-state index in [1.165, 1.54) is 0 Å². The number of ether oxygens (including phenoxy) is 1. The molecule has 104 valence electrons. The minimum Gasteiger partial charge on any atom is -0.394 e. The molecular formula is C11H15N3O3S2. The number of rotatable bonds is 4. The monoisotopic (exact) mass is 301 g/mol. The van der Waals surface area contributed by atoms with E-state index in [1.54, 1.807) is 16.8 Å². The number of thiocarbonyl (C=S) groups is 2. The van der Waals surface area contributed by atoms with Crippen molar-refractivity contribution in [2.75, 3.05) is 6.61 Å². The first-order valence-corrected chi connectivity index (χ1v) is 6.51. The van der Waals surface area contributed by atoms with Crippen LogP contribution in [0.1, 0.15) is 23.9 Å². The molecule has 3 atom stereocenters. The zero-order valence-electron chi connectivity index (χ0n) is 10.0. The first-order chi connectivity index (χ1) is 8.93. The molecule has 0 spiro atoms. The number of hydrogen-bond donors (Lipinski definition) is 4. The third kappa shape index (κ3) is 2.77. The summed E-state index contributed by atoms with van der Waals surface area (Å²) in [5.41, 5.74) is 12.4. The van der Waals surface area contributed by atoms with Gasteiger partial charge in [-0.25, -0.2) is 0 Å². The first kappa shape index (κ1) is 14.4. The summed E-state index contributed by atoms with van der Waals surface area (Å²) in [5, 5.41) is 18.8. The Morgan fingerprint density at radius 1 is 1.42 bits per heavy atom. The highest BCUT2D eigenvalue weighted by Crippen LogP contribution is 2.30. The molecule has 0 aromatic carbocycles. The van der Waals surface area contributed by atoms with Crippen molar-refractivity contribution in [2.45, 2.75) is 24.9 Å². The third-order valence-electron chi connectivity index (χ3n) is 3.08. The fourth-order valence-corrected chi connectivity index (χ4v) is 2.38. The third-order valence-corrected chi connectivity index (χ3v) is 3.52. The number of hydrogen-bond acceptors (Lipinski definition) is 5. The van der Waals surface area contributed by atoms with E-state index < -0.39 is 18.4 Å². The molecule has 1 saturated heterocycles. The van der Waals surface area contributed by atoms with Crippen molar-refractivity contribution in [1.82, 2.24) is 4.57 Å². The van der Waals surface area contributed by atoms with Crippen molar-refractivity contribution in [3.05, 3.63) is 23.5 Å². The Bertz CT molecular complexity index is 517. The predicted octanol–water partition coefficient (Wildman–Crippen LogP) is -0.603. The fourth-order valence-electron chi connectivity index (χ4n) is 2.10. The quantitative estimate of drug-likeness (QED) is 0.550. The molecule has 1 aromatic rings. The highest BCUT2D eigenvalue weighted by molar-refractivity contribution is 7.81. The lowest BCUT2D eigenvalue weighted by Gasteiger charge is -2.16. The van der Waals surface area contributed by atoms with E-state index in [0.717, 1.165) is 0 Å². The number of aliphatic hydroxyl groups excluding tert-OH is 2. The molecule has 0 amide bonds. The van der Waals surface area contributed by atoms with Crippen LogP contribution in [0.25, 0.3) is 0 Å². The molecule has 6 N–H and O–H groups in total. The van der Waals surface area contributed by atoms with Gasteiger partial charge in [-0.1, -0.05) is 24.4 Å². The topological polar surface area (TPSA) is 107 Å². The van der Waals surface area contributed by atoms with E-state index in [4.69, 9.17) is 45.7 Å². The van der Waals surface area contributed by atoms with Crippen molar-refractivity contribution in [3.63, 3.8) is 0 Å². The summed E-state index contributed by atoms with van der Waals surface area (Å²) in [5.74, 6) is 0. The van der Waals surface area contributed by atoms with Gasteiger partial charge in [0.25, 0.3) is 0 Å². The molecule has 0 saturated carbocycles. The summed E-state index contributed by atoms with van der Waals surface area (Å²) in [4.78, 5) is 0.418. The largest absolute Gasteiger partial charge is 0.394 e. The van der Waals surface area contributed by atoms with Gasteiger partial charge in [-0.3, -0.25) is 0 Å². The lowest BCUT2D eigenvalue weighted by molar-refractivity contribution is -0.0443. The molecule has 2 rings (SSSR count). The Morgan fingerprint density at radius 2 is 2.11 bits per heavy atom. The molecule has 19 heavy (non-hydrogen) atoms. The second-order valence-corrected chi connectivity index (χ2v) is 5.24. The van der Waals surface area contributed by atoms with Crippen LogP contribution in [0.3, 0.4) is 0 Å². The molecule has 6 nitrogen and oxygen atoms in total. The SMILES string of the molecule is NC(=S)c1cc(C(N)=S)n([C@H]2C[C@H](O)[C@@H](CO)O2)c1. The Kier molecular flexibility index (Phi) is 4.16. The molecular weight excluding hydrogens is 286 g/mol. The van der Waals surface area contributed by atoms with E-state index in [1.807, 2.05) is 0 Å². The molecule has 1 aromatic heterocycles. The summed E-state index contributed by atoms with van der Waals surface area (Å²) >= 11 is 9.89. The van der Waals surface area contributed by atoms with Crippen LogP contribution >= 0.6 is 24.4 Å². The highest BCUT2D eigenvalue weighted by Gasteiger charge is 2.35. The molecule has 0 bridgehead atoms. The Hall–Kier alpha value is -1.06. The van der Waals surface area contributed by atoms with Crippen LogP contribution in [0.2, 0.25) is 0 Å². The van der Waals surface area contributed by atoms with E-state index in [-0.39, 0.29) is 16.6 Å². The van der Waals surface area contributed by atoms with Gasteiger partial charge < -0.3 is 31.0 Å². The van der Waals surface area contributed by atoms with Gasteiger partial charge in [0.2, 0.25) is 0 Å². The van der Waals surface area contributed by atoms with Crippen LogP contribution in [0.4, 0.5) is 0 Å². The minimum atomic E-state index is -0.732. The van der Waals surface area contributed by atoms with Gasteiger partial charge in [0, 0.05) is 18.2 Å². The van der Waals surface area contributed by atoms with Crippen molar-refractivity contribution in [1.29, 1.82) is 0 Å². The molecule has 1 aliphatic heterocycles. The van der Waals surface area contributed by atoms with Gasteiger partial charge in [-0.15, -0.1) is 0 Å². The standard InChI is InChI=1S/C11H15N3O3S2/c12-10(18)5-1-6(11(13)19)14(3-5)9-2-7(16)8(4-15)17-9/h1,3,7-9,15-16H,2,4H2,(H2,12,18)(H2,13,19)/t7-,8+,9+/m0/s1. The molecule has 8 heteroatoms. The normalized spacial score (nSPS) is 26.5.